The summed E-state index contributed by atoms with van der Waals surface area (Å²) in [4.78, 5) is 38.3. The van der Waals surface area contributed by atoms with Crippen molar-refractivity contribution in [1.29, 1.82) is 0 Å². The molecule has 3 rings (SSSR count). The zero-order valence-electron chi connectivity index (χ0n) is 16.6. The summed E-state index contributed by atoms with van der Waals surface area (Å²) in [7, 11) is 1.64. The number of ether oxygens (including phenoxy) is 1. The van der Waals surface area contributed by atoms with Gasteiger partial charge in [0, 0.05) is 30.5 Å². The third kappa shape index (κ3) is 4.17. The summed E-state index contributed by atoms with van der Waals surface area (Å²) in [5, 5.41) is 2.99. The van der Waals surface area contributed by atoms with Gasteiger partial charge in [0.1, 0.15) is 5.75 Å². The number of methoxy groups -OCH3 is 1. The normalized spacial score (nSPS) is 24.2. The number of carbonyl (C=O) groups excluding carboxylic acids is 3. The molecule has 2 saturated heterocycles. The lowest BCUT2D eigenvalue weighted by molar-refractivity contribution is -0.138. The number of imide groups is 1. The van der Waals surface area contributed by atoms with Crippen LogP contribution in [0.2, 0.25) is 5.02 Å². The molecule has 0 bridgehead atoms. The van der Waals surface area contributed by atoms with Crippen LogP contribution in [0.1, 0.15) is 51.0 Å². The highest BCUT2D eigenvalue weighted by Gasteiger charge is 2.44. The Morgan fingerprint density at radius 1 is 1.36 bits per heavy atom. The Hall–Kier alpha value is -2.08. The molecule has 0 aromatic heterocycles. The average molecular weight is 407 g/mol. The largest absolute Gasteiger partial charge is 0.496 e. The van der Waals surface area contributed by atoms with Crippen LogP contribution >= 0.6 is 11.6 Å². The van der Waals surface area contributed by atoms with Gasteiger partial charge in [0.15, 0.2) is 0 Å². The molecule has 2 fully saturated rings. The molecule has 0 saturated carbocycles. The molecule has 1 N–H and O–H groups in total. The SMILES string of the molecule is COc1cc(Cl)ccc1C1CCN(C(=O)[C@@H](C)C[C@@]2(C)CC(=O)NC2=O)CC1. The molecule has 152 valence electrons. The smallest absolute Gasteiger partial charge is 0.233 e. The van der Waals surface area contributed by atoms with E-state index in [1.807, 2.05) is 30.0 Å². The summed E-state index contributed by atoms with van der Waals surface area (Å²) in [6, 6.07) is 5.70. The zero-order valence-corrected chi connectivity index (χ0v) is 17.3. The standard InChI is InChI=1S/C21H27ClN2O4/c1-13(11-21(2)12-18(25)23-20(21)27)19(26)24-8-6-14(7-9-24)16-5-4-15(22)10-17(16)28-3/h4-5,10,13-14H,6-9,11-12H2,1-3H3,(H,23,25,27)/t13-,21-/m0/s1. The highest BCUT2D eigenvalue weighted by Crippen LogP contribution is 2.37. The number of nitrogens with zero attached hydrogens (tertiary/aromatic N) is 1. The van der Waals surface area contributed by atoms with E-state index in [1.165, 1.54) is 0 Å². The van der Waals surface area contributed by atoms with Gasteiger partial charge in [0.2, 0.25) is 17.7 Å². The van der Waals surface area contributed by atoms with Crippen LogP contribution in [0.3, 0.4) is 0 Å². The maximum absolute atomic E-state index is 12.9. The lowest BCUT2D eigenvalue weighted by Crippen LogP contribution is -2.42. The van der Waals surface area contributed by atoms with Crippen LogP contribution in [0.25, 0.3) is 0 Å². The highest BCUT2D eigenvalue weighted by atomic mass is 35.5. The maximum atomic E-state index is 12.9. The summed E-state index contributed by atoms with van der Waals surface area (Å²) < 4.78 is 5.47. The zero-order chi connectivity index (χ0) is 20.5. The Balaban J connectivity index is 1.59. The number of rotatable bonds is 5. The Labute approximate surface area is 170 Å². The molecule has 1 aromatic carbocycles. The fourth-order valence-electron chi connectivity index (χ4n) is 4.43. The van der Waals surface area contributed by atoms with Crippen LogP contribution in [0, 0.1) is 11.3 Å². The number of piperidine rings is 1. The Morgan fingerprint density at radius 2 is 2.04 bits per heavy atom. The van der Waals surface area contributed by atoms with Crippen molar-refractivity contribution in [3.8, 4) is 5.75 Å². The predicted octanol–water partition coefficient (Wildman–Crippen LogP) is 3.13. The minimum Gasteiger partial charge on any atom is -0.496 e. The predicted molar refractivity (Wildman–Crippen MR) is 106 cm³/mol. The van der Waals surface area contributed by atoms with Crippen LogP contribution in [-0.2, 0) is 14.4 Å². The summed E-state index contributed by atoms with van der Waals surface area (Å²) in [6.45, 7) is 4.94. The Bertz CT molecular complexity index is 789. The fraction of sp³-hybridized carbons (Fsp3) is 0.571. The molecule has 0 spiro atoms. The van der Waals surface area contributed by atoms with E-state index in [0.29, 0.717) is 30.5 Å². The molecule has 2 heterocycles. The van der Waals surface area contributed by atoms with Crippen LogP contribution < -0.4 is 10.1 Å². The topological polar surface area (TPSA) is 75.7 Å². The van der Waals surface area contributed by atoms with Gasteiger partial charge >= 0.3 is 0 Å². The summed E-state index contributed by atoms with van der Waals surface area (Å²) in [5.74, 6) is 0.325. The first-order valence-corrected chi connectivity index (χ1v) is 10.1. The number of benzene rings is 1. The van der Waals surface area contributed by atoms with Gasteiger partial charge in [-0.15, -0.1) is 0 Å². The lowest BCUT2D eigenvalue weighted by atomic mass is 9.79. The van der Waals surface area contributed by atoms with Crippen LogP contribution in [0.5, 0.6) is 5.75 Å². The van der Waals surface area contributed by atoms with Gasteiger partial charge in [-0.3, -0.25) is 19.7 Å². The third-order valence-corrected chi connectivity index (χ3v) is 6.21. The number of amides is 3. The molecule has 1 aromatic rings. The van der Waals surface area contributed by atoms with Crippen molar-refractivity contribution >= 4 is 29.3 Å². The highest BCUT2D eigenvalue weighted by molar-refractivity contribution is 6.30. The van der Waals surface area contributed by atoms with E-state index in [9.17, 15) is 14.4 Å². The second-order valence-corrected chi connectivity index (χ2v) is 8.64. The van der Waals surface area contributed by atoms with E-state index >= 15 is 0 Å². The average Bonchev–Trinajstić information content (AvgIpc) is 2.92. The maximum Gasteiger partial charge on any atom is 0.233 e. The first-order valence-electron chi connectivity index (χ1n) is 9.70. The van der Waals surface area contributed by atoms with Gasteiger partial charge < -0.3 is 9.64 Å². The molecule has 7 heteroatoms. The van der Waals surface area contributed by atoms with Crippen LogP contribution in [0.4, 0.5) is 0 Å². The number of nitrogens with one attached hydrogen (secondary N) is 1. The molecule has 0 aliphatic carbocycles. The minimum atomic E-state index is -0.791. The van der Waals surface area contributed by atoms with Gasteiger partial charge in [-0.25, -0.2) is 0 Å². The van der Waals surface area contributed by atoms with Gasteiger partial charge in [-0.05, 0) is 42.9 Å². The first-order chi connectivity index (χ1) is 13.2. The van der Waals surface area contributed by atoms with Gasteiger partial charge in [-0.2, -0.15) is 0 Å². The minimum absolute atomic E-state index is 0.0508. The number of carbonyl (C=O) groups is 3. The Morgan fingerprint density at radius 3 is 2.61 bits per heavy atom. The van der Waals surface area contributed by atoms with Gasteiger partial charge in [0.25, 0.3) is 0 Å². The summed E-state index contributed by atoms with van der Waals surface area (Å²) >= 11 is 6.05. The van der Waals surface area contributed by atoms with E-state index < -0.39 is 5.41 Å². The van der Waals surface area contributed by atoms with Crippen molar-refractivity contribution < 1.29 is 19.1 Å². The quantitative estimate of drug-likeness (QED) is 0.762. The molecule has 3 amide bonds. The van der Waals surface area contributed by atoms with Crippen molar-refractivity contribution in [2.24, 2.45) is 11.3 Å². The first kappa shape index (κ1) is 20.6. The van der Waals surface area contributed by atoms with Crippen molar-refractivity contribution in [2.45, 2.75) is 45.4 Å². The monoisotopic (exact) mass is 406 g/mol. The molecular weight excluding hydrogens is 380 g/mol. The number of likely N-dealkylation sites (tertiary alicyclic amines) is 1. The van der Waals surface area contributed by atoms with E-state index in [2.05, 4.69) is 5.32 Å². The molecule has 2 atom stereocenters. The third-order valence-electron chi connectivity index (χ3n) is 5.97. The lowest BCUT2D eigenvalue weighted by Gasteiger charge is -2.35. The number of hydrogen-bond acceptors (Lipinski definition) is 4. The summed E-state index contributed by atoms with van der Waals surface area (Å²) in [6.07, 6.45) is 2.25. The van der Waals surface area contributed by atoms with Crippen molar-refractivity contribution in [2.75, 3.05) is 20.2 Å². The van der Waals surface area contributed by atoms with E-state index in [-0.39, 0.29) is 30.1 Å². The Kier molecular flexibility index (Phi) is 5.98. The van der Waals surface area contributed by atoms with Crippen LogP contribution in [-0.4, -0.2) is 42.8 Å². The van der Waals surface area contributed by atoms with Crippen molar-refractivity contribution in [3.63, 3.8) is 0 Å². The molecule has 6 nitrogen and oxygen atoms in total. The second-order valence-electron chi connectivity index (χ2n) is 8.21. The molecule has 0 radical (unpaired) electrons. The van der Waals surface area contributed by atoms with Crippen molar-refractivity contribution in [3.05, 3.63) is 28.8 Å². The second kappa shape index (κ2) is 8.11. The molecule has 2 aliphatic rings. The van der Waals surface area contributed by atoms with E-state index in [4.69, 9.17) is 16.3 Å². The van der Waals surface area contributed by atoms with Gasteiger partial charge in [-0.1, -0.05) is 31.5 Å². The number of hydrogen-bond donors (Lipinski definition) is 1. The molecule has 0 unspecified atom stereocenters. The van der Waals surface area contributed by atoms with Crippen molar-refractivity contribution in [1.82, 2.24) is 10.2 Å². The molecule has 28 heavy (non-hydrogen) atoms. The van der Waals surface area contributed by atoms with Gasteiger partial charge in [0.05, 0.1) is 12.5 Å². The van der Waals surface area contributed by atoms with E-state index in [0.717, 1.165) is 24.2 Å². The van der Waals surface area contributed by atoms with E-state index in [1.54, 1.807) is 14.0 Å². The molecular formula is C21H27ClN2O4. The van der Waals surface area contributed by atoms with Crippen LogP contribution in [0.15, 0.2) is 18.2 Å². The number of halogens is 1. The molecule has 2 aliphatic heterocycles. The summed E-state index contributed by atoms with van der Waals surface area (Å²) in [5.41, 5.74) is 0.335. The fourth-order valence-corrected chi connectivity index (χ4v) is 4.59.